The van der Waals surface area contributed by atoms with Crippen molar-refractivity contribution in [1.29, 1.82) is 0 Å². The molecule has 5 nitrogen and oxygen atoms in total. The van der Waals surface area contributed by atoms with Gasteiger partial charge in [-0.3, -0.25) is 4.90 Å². The monoisotopic (exact) mass is 250 g/mol. The van der Waals surface area contributed by atoms with Crippen LogP contribution in [0.4, 0.5) is 5.82 Å². The zero-order valence-corrected chi connectivity index (χ0v) is 11.1. The van der Waals surface area contributed by atoms with E-state index in [2.05, 4.69) is 28.9 Å². The van der Waals surface area contributed by atoms with Gasteiger partial charge in [0.1, 0.15) is 5.82 Å². The Balaban J connectivity index is 2.20. The number of anilines is 1. The molecule has 0 radical (unpaired) electrons. The number of hydrogen-bond donors (Lipinski definition) is 2. The van der Waals surface area contributed by atoms with Gasteiger partial charge >= 0.3 is 0 Å². The normalized spacial score (nSPS) is 24.7. The molecule has 1 aromatic heterocycles. The molecule has 0 spiro atoms. The van der Waals surface area contributed by atoms with Crippen molar-refractivity contribution in [3.63, 3.8) is 0 Å². The van der Waals surface area contributed by atoms with Crippen molar-refractivity contribution in [3.8, 4) is 0 Å². The Morgan fingerprint density at radius 3 is 2.94 bits per heavy atom. The summed E-state index contributed by atoms with van der Waals surface area (Å²) in [6.45, 7) is 2.90. The van der Waals surface area contributed by atoms with Gasteiger partial charge in [-0.15, -0.1) is 0 Å². The first-order valence-electron chi connectivity index (χ1n) is 6.37. The Morgan fingerprint density at radius 2 is 2.22 bits per heavy atom. The van der Waals surface area contributed by atoms with Gasteiger partial charge < -0.3 is 15.7 Å². The van der Waals surface area contributed by atoms with Gasteiger partial charge in [0.15, 0.2) is 0 Å². The Hall–Kier alpha value is -1.17. The van der Waals surface area contributed by atoms with Crippen molar-refractivity contribution in [2.24, 2.45) is 0 Å². The third-order valence-corrected chi connectivity index (χ3v) is 3.67. The molecule has 2 rings (SSSR count). The third kappa shape index (κ3) is 2.80. The van der Waals surface area contributed by atoms with Crippen molar-refractivity contribution in [3.05, 3.63) is 23.9 Å². The second-order valence-corrected chi connectivity index (χ2v) is 5.09. The molecule has 1 aromatic rings. The van der Waals surface area contributed by atoms with Crippen molar-refractivity contribution < 1.29 is 5.11 Å². The highest BCUT2D eigenvalue weighted by molar-refractivity contribution is 5.40. The molecule has 1 aliphatic heterocycles. The fourth-order valence-corrected chi connectivity index (χ4v) is 2.53. The van der Waals surface area contributed by atoms with Crippen LogP contribution in [-0.4, -0.2) is 59.7 Å². The first-order valence-corrected chi connectivity index (χ1v) is 6.37. The van der Waals surface area contributed by atoms with Gasteiger partial charge in [0.05, 0.1) is 12.1 Å². The lowest BCUT2D eigenvalue weighted by Crippen LogP contribution is -2.42. The lowest BCUT2D eigenvalue weighted by Gasteiger charge is -2.32. The summed E-state index contributed by atoms with van der Waals surface area (Å²) in [6, 6.07) is 3.73. The van der Waals surface area contributed by atoms with Crippen LogP contribution in [0.25, 0.3) is 0 Å². The summed E-state index contributed by atoms with van der Waals surface area (Å²) in [5.74, 6) is 0.422. The number of aliphatic hydroxyl groups excluding tert-OH is 1. The molecule has 0 bridgehead atoms. The summed E-state index contributed by atoms with van der Waals surface area (Å²) < 4.78 is 0. The summed E-state index contributed by atoms with van der Waals surface area (Å²) >= 11 is 0. The maximum Gasteiger partial charge on any atom is 0.129 e. The molecule has 1 aliphatic rings. The maximum atomic E-state index is 10.6. The summed E-state index contributed by atoms with van der Waals surface area (Å²) in [5, 5.41) is 10.6. The molecule has 100 valence electrons. The van der Waals surface area contributed by atoms with Crippen LogP contribution in [0.15, 0.2) is 18.3 Å². The Kier molecular flexibility index (Phi) is 4.16. The number of nitrogens with zero attached hydrogens (tertiary/aromatic N) is 3. The summed E-state index contributed by atoms with van der Waals surface area (Å²) in [7, 11) is 4.14. The average Bonchev–Trinajstić information content (AvgIpc) is 2.51. The molecule has 0 aliphatic carbocycles. The van der Waals surface area contributed by atoms with Crippen LogP contribution in [0.5, 0.6) is 0 Å². The van der Waals surface area contributed by atoms with Crippen molar-refractivity contribution in [1.82, 2.24) is 14.8 Å². The minimum absolute atomic E-state index is 0.0593. The number of pyridine rings is 1. The molecule has 5 heteroatoms. The van der Waals surface area contributed by atoms with Crippen LogP contribution in [0.1, 0.15) is 18.1 Å². The quantitative estimate of drug-likeness (QED) is 0.792. The fraction of sp³-hybridized carbons (Fsp3) is 0.615. The Bertz CT molecular complexity index is 398. The lowest BCUT2D eigenvalue weighted by molar-refractivity contribution is 0.0575. The molecule has 2 heterocycles. The largest absolute Gasteiger partial charge is 0.387 e. The van der Waals surface area contributed by atoms with E-state index in [9.17, 15) is 5.11 Å². The van der Waals surface area contributed by atoms with Gasteiger partial charge in [-0.05, 0) is 39.7 Å². The van der Waals surface area contributed by atoms with E-state index in [1.54, 1.807) is 6.20 Å². The number of nitrogen functional groups attached to an aromatic ring is 1. The summed E-state index contributed by atoms with van der Waals surface area (Å²) in [4.78, 5) is 8.51. The molecule has 1 fully saturated rings. The van der Waals surface area contributed by atoms with E-state index in [4.69, 9.17) is 5.73 Å². The number of likely N-dealkylation sites (N-methyl/N-ethyl adjacent to an activating group) is 2. The summed E-state index contributed by atoms with van der Waals surface area (Å²) in [5.41, 5.74) is 6.57. The molecule has 2 unspecified atom stereocenters. The standard InChI is InChI=1S/C13H22N4O/c1-16-7-4-8-17(2)11(9-16)12(18)10-5-3-6-15-13(10)14/h3,5-6,11-12,18H,4,7-9H2,1-2H3,(H2,14,15). The molecule has 18 heavy (non-hydrogen) atoms. The molecular weight excluding hydrogens is 228 g/mol. The minimum atomic E-state index is -0.593. The van der Waals surface area contributed by atoms with E-state index in [-0.39, 0.29) is 6.04 Å². The predicted molar refractivity (Wildman–Crippen MR) is 72.1 cm³/mol. The highest BCUT2D eigenvalue weighted by Gasteiger charge is 2.29. The molecular formula is C13H22N4O. The highest BCUT2D eigenvalue weighted by atomic mass is 16.3. The van der Waals surface area contributed by atoms with Gasteiger partial charge in [0.2, 0.25) is 0 Å². The van der Waals surface area contributed by atoms with Crippen LogP contribution in [-0.2, 0) is 0 Å². The number of nitrogens with two attached hydrogens (primary N) is 1. The van der Waals surface area contributed by atoms with E-state index in [1.807, 2.05) is 12.1 Å². The number of hydrogen-bond acceptors (Lipinski definition) is 5. The van der Waals surface area contributed by atoms with Gasteiger partial charge in [-0.25, -0.2) is 4.98 Å². The Morgan fingerprint density at radius 1 is 1.44 bits per heavy atom. The highest BCUT2D eigenvalue weighted by Crippen LogP contribution is 2.25. The lowest BCUT2D eigenvalue weighted by atomic mass is 10.0. The SMILES string of the molecule is CN1CCCN(C)C(C(O)c2cccnc2N)C1. The van der Waals surface area contributed by atoms with E-state index in [0.29, 0.717) is 5.82 Å². The van der Waals surface area contributed by atoms with Crippen molar-refractivity contribution in [2.45, 2.75) is 18.6 Å². The van der Waals surface area contributed by atoms with Crippen molar-refractivity contribution >= 4 is 5.82 Å². The van der Waals surface area contributed by atoms with Gasteiger partial charge in [0, 0.05) is 18.3 Å². The van der Waals surface area contributed by atoms with E-state index < -0.39 is 6.10 Å². The van der Waals surface area contributed by atoms with Crippen LogP contribution in [0.2, 0.25) is 0 Å². The second kappa shape index (κ2) is 5.65. The summed E-state index contributed by atoms with van der Waals surface area (Å²) in [6.07, 6.45) is 2.18. The van der Waals surface area contributed by atoms with Crippen molar-refractivity contribution in [2.75, 3.05) is 39.5 Å². The number of aliphatic hydroxyl groups is 1. The molecule has 2 atom stereocenters. The van der Waals surface area contributed by atoms with E-state index in [1.165, 1.54) is 0 Å². The smallest absolute Gasteiger partial charge is 0.129 e. The first-order chi connectivity index (χ1) is 8.59. The van der Waals surface area contributed by atoms with E-state index >= 15 is 0 Å². The molecule has 0 amide bonds. The topological polar surface area (TPSA) is 65.6 Å². The first kappa shape index (κ1) is 13.3. The predicted octanol–water partition coefficient (Wildman–Crippen LogP) is 0.333. The average molecular weight is 250 g/mol. The molecule has 3 N–H and O–H groups in total. The van der Waals surface area contributed by atoms with Gasteiger partial charge in [0.25, 0.3) is 0 Å². The molecule has 0 aromatic carbocycles. The van der Waals surface area contributed by atoms with Crippen LogP contribution in [0, 0.1) is 0 Å². The van der Waals surface area contributed by atoms with Gasteiger partial charge in [-0.1, -0.05) is 6.07 Å². The fourth-order valence-electron chi connectivity index (χ4n) is 2.53. The number of aromatic nitrogens is 1. The molecule has 1 saturated heterocycles. The third-order valence-electron chi connectivity index (χ3n) is 3.67. The van der Waals surface area contributed by atoms with Crippen LogP contribution in [0.3, 0.4) is 0 Å². The zero-order valence-electron chi connectivity index (χ0n) is 11.1. The van der Waals surface area contributed by atoms with Crippen LogP contribution >= 0.6 is 0 Å². The Labute approximate surface area is 108 Å². The van der Waals surface area contributed by atoms with E-state index in [0.717, 1.165) is 31.6 Å². The maximum absolute atomic E-state index is 10.6. The zero-order chi connectivity index (χ0) is 13.1. The minimum Gasteiger partial charge on any atom is -0.387 e. The van der Waals surface area contributed by atoms with Gasteiger partial charge in [-0.2, -0.15) is 0 Å². The second-order valence-electron chi connectivity index (χ2n) is 5.09. The molecule has 0 saturated carbocycles. The van der Waals surface area contributed by atoms with Crippen LogP contribution < -0.4 is 5.73 Å². The number of rotatable bonds is 2.